The number of methoxy groups -OCH3 is 1. The molecular weight excluding hydrogens is 306 g/mol. The van der Waals surface area contributed by atoms with Gasteiger partial charge in [-0.3, -0.25) is 9.58 Å². The van der Waals surface area contributed by atoms with E-state index in [1.165, 1.54) is 0 Å². The van der Waals surface area contributed by atoms with Gasteiger partial charge < -0.3 is 14.2 Å². The summed E-state index contributed by atoms with van der Waals surface area (Å²) < 4.78 is 18.7. The van der Waals surface area contributed by atoms with E-state index in [2.05, 4.69) is 10.00 Å². The molecule has 0 spiro atoms. The molecule has 3 rings (SSSR count). The van der Waals surface area contributed by atoms with Gasteiger partial charge in [0.05, 0.1) is 33.0 Å². The summed E-state index contributed by atoms with van der Waals surface area (Å²) in [6.07, 6.45) is 4.99. The first-order chi connectivity index (χ1) is 11.8. The Kier molecular flexibility index (Phi) is 6.09. The van der Waals surface area contributed by atoms with Gasteiger partial charge in [-0.2, -0.15) is 5.10 Å². The topological polar surface area (TPSA) is 48.8 Å². The molecule has 0 aliphatic carbocycles. The van der Waals surface area contributed by atoms with Crippen molar-refractivity contribution >= 4 is 0 Å². The molecule has 0 saturated carbocycles. The van der Waals surface area contributed by atoms with Crippen LogP contribution in [-0.2, 0) is 11.3 Å². The Balaban J connectivity index is 1.35. The number of rotatable bonds is 8. The molecule has 0 radical (unpaired) electrons. The third-order valence-electron chi connectivity index (χ3n) is 4.12. The minimum absolute atomic E-state index is 0.209. The maximum absolute atomic E-state index is 5.83. The van der Waals surface area contributed by atoms with Crippen LogP contribution in [0.1, 0.15) is 6.42 Å². The number of hydrogen-bond donors (Lipinski definition) is 0. The summed E-state index contributed by atoms with van der Waals surface area (Å²) in [5.41, 5.74) is 0. The Morgan fingerprint density at radius 3 is 2.83 bits per heavy atom. The standard InChI is InChI=1S/C18H25N3O3/c1-22-16-4-6-17(7-5-16)23-12-3-9-20-11-13-24-18(14-20)15-21-10-2-8-19-21/h2,4-8,10,18H,3,9,11-15H2,1H3. The number of nitrogens with zero attached hydrogens (tertiary/aromatic N) is 3. The van der Waals surface area contributed by atoms with Crippen molar-refractivity contribution in [2.75, 3.05) is 40.0 Å². The fourth-order valence-corrected chi connectivity index (χ4v) is 2.86. The van der Waals surface area contributed by atoms with Gasteiger partial charge in [0, 0.05) is 32.0 Å². The van der Waals surface area contributed by atoms with Gasteiger partial charge in [0.25, 0.3) is 0 Å². The van der Waals surface area contributed by atoms with Crippen LogP contribution in [0.4, 0.5) is 0 Å². The first-order valence-corrected chi connectivity index (χ1v) is 8.42. The second-order valence-electron chi connectivity index (χ2n) is 5.90. The number of aromatic nitrogens is 2. The number of hydrogen-bond acceptors (Lipinski definition) is 5. The summed E-state index contributed by atoms with van der Waals surface area (Å²) in [4.78, 5) is 2.44. The summed E-state index contributed by atoms with van der Waals surface area (Å²) in [6.45, 7) is 5.26. The highest BCUT2D eigenvalue weighted by Gasteiger charge is 2.20. The Hall–Kier alpha value is -2.05. The molecule has 1 aromatic heterocycles. The Morgan fingerprint density at radius 1 is 1.25 bits per heavy atom. The minimum atomic E-state index is 0.209. The van der Waals surface area contributed by atoms with Gasteiger partial charge in [0.2, 0.25) is 0 Å². The molecule has 1 unspecified atom stereocenters. The van der Waals surface area contributed by atoms with Gasteiger partial charge in [-0.25, -0.2) is 0 Å². The highest BCUT2D eigenvalue weighted by Crippen LogP contribution is 2.17. The molecule has 1 saturated heterocycles. The van der Waals surface area contributed by atoms with Crippen LogP contribution in [0, 0.1) is 0 Å². The normalized spacial score (nSPS) is 18.5. The quantitative estimate of drug-likeness (QED) is 0.693. The van der Waals surface area contributed by atoms with Crippen LogP contribution in [0.3, 0.4) is 0 Å². The number of benzene rings is 1. The summed E-state index contributed by atoms with van der Waals surface area (Å²) >= 11 is 0. The summed E-state index contributed by atoms with van der Waals surface area (Å²) in [6, 6.07) is 9.65. The first-order valence-electron chi connectivity index (χ1n) is 8.42. The van der Waals surface area contributed by atoms with Crippen molar-refractivity contribution in [1.82, 2.24) is 14.7 Å². The zero-order valence-electron chi connectivity index (χ0n) is 14.1. The monoisotopic (exact) mass is 331 g/mol. The smallest absolute Gasteiger partial charge is 0.119 e. The lowest BCUT2D eigenvalue weighted by Gasteiger charge is -2.32. The first kappa shape index (κ1) is 16.8. The van der Waals surface area contributed by atoms with E-state index < -0.39 is 0 Å². The minimum Gasteiger partial charge on any atom is -0.497 e. The molecule has 1 fully saturated rings. The van der Waals surface area contributed by atoms with E-state index in [1.807, 2.05) is 41.2 Å². The molecule has 0 bridgehead atoms. The van der Waals surface area contributed by atoms with Crippen molar-refractivity contribution in [2.45, 2.75) is 19.1 Å². The van der Waals surface area contributed by atoms with Gasteiger partial charge >= 0.3 is 0 Å². The fourth-order valence-electron chi connectivity index (χ4n) is 2.86. The van der Waals surface area contributed by atoms with E-state index in [4.69, 9.17) is 14.2 Å². The van der Waals surface area contributed by atoms with Gasteiger partial charge in [-0.05, 0) is 36.8 Å². The maximum atomic E-state index is 5.83. The molecule has 6 heteroatoms. The SMILES string of the molecule is COc1ccc(OCCCN2CCOC(Cn3cccn3)C2)cc1. The Bertz CT molecular complexity index is 586. The van der Waals surface area contributed by atoms with E-state index in [-0.39, 0.29) is 6.10 Å². The van der Waals surface area contributed by atoms with Crippen LogP contribution in [0.15, 0.2) is 42.7 Å². The van der Waals surface area contributed by atoms with E-state index in [9.17, 15) is 0 Å². The van der Waals surface area contributed by atoms with Crippen molar-refractivity contribution in [3.8, 4) is 11.5 Å². The van der Waals surface area contributed by atoms with Gasteiger partial charge in [-0.15, -0.1) is 0 Å². The van der Waals surface area contributed by atoms with Crippen LogP contribution < -0.4 is 9.47 Å². The van der Waals surface area contributed by atoms with Crippen molar-refractivity contribution in [3.05, 3.63) is 42.7 Å². The number of ether oxygens (including phenoxy) is 3. The molecule has 130 valence electrons. The van der Waals surface area contributed by atoms with Crippen molar-refractivity contribution < 1.29 is 14.2 Å². The Morgan fingerprint density at radius 2 is 2.08 bits per heavy atom. The lowest BCUT2D eigenvalue weighted by atomic mass is 10.2. The lowest BCUT2D eigenvalue weighted by Crippen LogP contribution is -2.44. The molecule has 6 nitrogen and oxygen atoms in total. The van der Waals surface area contributed by atoms with E-state index in [0.29, 0.717) is 6.61 Å². The average molecular weight is 331 g/mol. The van der Waals surface area contributed by atoms with Crippen LogP contribution >= 0.6 is 0 Å². The molecule has 1 aliphatic heterocycles. The van der Waals surface area contributed by atoms with Gasteiger partial charge in [0.1, 0.15) is 11.5 Å². The van der Waals surface area contributed by atoms with E-state index in [1.54, 1.807) is 13.3 Å². The van der Waals surface area contributed by atoms with Crippen LogP contribution in [0.5, 0.6) is 11.5 Å². The molecule has 2 aromatic rings. The molecule has 1 aromatic carbocycles. The maximum Gasteiger partial charge on any atom is 0.119 e. The van der Waals surface area contributed by atoms with Crippen LogP contribution in [0.25, 0.3) is 0 Å². The molecule has 2 heterocycles. The van der Waals surface area contributed by atoms with Gasteiger partial charge in [0.15, 0.2) is 0 Å². The van der Waals surface area contributed by atoms with E-state index in [0.717, 1.165) is 50.7 Å². The molecule has 1 aliphatic rings. The van der Waals surface area contributed by atoms with E-state index >= 15 is 0 Å². The predicted octanol–water partition coefficient (Wildman–Crippen LogP) is 2.06. The number of morpholine rings is 1. The largest absolute Gasteiger partial charge is 0.497 e. The molecule has 0 amide bonds. The van der Waals surface area contributed by atoms with Gasteiger partial charge in [-0.1, -0.05) is 0 Å². The molecule has 0 N–H and O–H groups in total. The Labute approximate surface area is 142 Å². The lowest BCUT2D eigenvalue weighted by molar-refractivity contribution is -0.0383. The highest BCUT2D eigenvalue weighted by atomic mass is 16.5. The second kappa shape index (κ2) is 8.70. The zero-order chi connectivity index (χ0) is 16.6. The predicted molar refractivity (Wildman–Crippen MR) is 91.5 cm³/mol. The summed E-state index contributed by atoms with van der Waals surface area (Å²) in [7, 11) is 1.66. The fraction of sp³-hybridized carbons (Fsp3) is 0.500. The summed E-state index contributed by atoms with van der Waals surface area (Å²) in [5.74, 6) is 1.73. The van der Waals surface area contributed by atoms with Crippen LogP contribution in [-0.4, -0.2) is 60.7 Å². The molecular formula is C18H25N3O3. The van der Waals surface area contributed by atoms with Crippen LogP contribution in [0.2, 0.25) is 0 Å². The zero-order valence-corrected chi connectivity index (χ0v) is 14.1. The third kappa shape index (κ3) is 4.97. The van der Waals surface area contributed by atoms with Crippen molar-refractivity contribution in [1.29, 1.82) is 0 Å². The second-order valence-corrected chi connectivity index (χ2v) is 5.90. The summed E-state index contributed by atoms with van der Waals surface area (Å²) in [5, 5.41) is 4.25. The third-order valence-corrected chi connectivity index (χ3v) is 4.12. The molecule has 24 heavy (non-hydrogen) atoms. The van der Waals surface area contributed by atoms with Crippen molar-refractivity contribution in [2.24, 2.45) is 0 Å². The highest BCUT2D eigenvalue weighted by molar-refractivity contribution is 5.31. The van der Waals surface area contributed by atoms with Crippen molar-refractivity contribution in [3.63, 3.8) is 0 Å². The average Bonchev–Trinajstić information content (AvgIpc) is 3.13. The molecule has 1 atom stereocenters.